The number of carbonyl (C=O) groups is 1. The molecule has 0 radical (unpaired) electrons. The van der Waals surface area contributed by atoms with Crippen molar-refractivity contribution in [3.05, 3.63) is 59.6 Å². The molecule has 30 heavy (non-hydrogen) atoms. The number of hydrogen-bond donors (Lipinski definition) is 1. The Hall–Kier alpha value is -3.00. The third-order valence-corrected chi connectivity index (χ3v) is 6.41. The van der Waals surface area contributed by atoms with Gasteiger partial charge in [-0.2, -0.15) is 0 Å². The van der Waals surface area contributed by atoms with Gasteiger partial charge in [0.25, 0.3) is 0 Å². The molecule has 1 N–H and O–H groups in total. The van der Waals surface area contributed by atoms with E-state index in [2.05, 4.69) is 21.0 Å². The smallest absolute Gasteiger partial charge is 0.339 e. The predicted octanol–water partition coefficient (Wildman–Crippen LogP) is 3.77. The van der Waals surface area contributed by atoms with E-state index in [1.807, 2.05) is 6.07 Å². The summed E-state index contributed by atoms with van der Waals surface area (Å²) >= 11 is 0. The molecule has 3 aromatic heterocycles. The van der Waals surface area contributed by atoms with E-state index in [9.17, 15) is 13.2 Å². The van der Waals surface area contributed by atoms with Crippen LogP contribution in [0.1, 0.15) is 47.3 Å². The number of sulfone groups is 1. The first-order valence-electron chi connectivity index (χ1n) is 9.81. The number of rotatable bonds is 5. The lowest BCUT2D eigenvalue weighted by atomic mass is 9.97. The number of nitrogens with zero attached hydrogens (tertiary/aromatic N) is 2. The van der Waals surface area contributed by atoms with Crippen LogP contribution >= 0.6 is 0 Å². The Morgan fingerprint density at radius 1 is 1.13 bits per heavy atom. The first-order chi connectivity index (χ1) is 14.3. The van der Waals surface area contributed by atoms with Crippen molar-refractivity contribution in [3.63, 3.8) is 0 Å². The molecular weight excluding hydrogens is 402 g/mol. The van der Waals surface area contributed by atoms with E-state index >= 15 is 0 Å². The zero-order valence-corrected chi connectivity index (χ0v) is 17.7. The quantitative estimate of drug-likeness (QED) is 0.624. The average Bonchev–Trinajstić information content (AvgIpc) is 3.39. The highest BCUT2D eigenvalue weighted by atomic mass is 32.2. The number of fused-ring (bicyclic) bond motifs is 1. The molecule has 8 heteroatoms. The van der Waals surface area contributed by atoms with E-state index in [1.54, 1.807) is 18.3 Å². The van der Waals surface area contributed by atoms with Gasteiger partial charge in [-0.1, -0.05) is 18.9 Å². The number of hydrogen-bond acceptors (Lipinski definition) is 6. The maximum absolute atomic E-state index is 11.8. The summed E-state index contributed by atoms with van der Waals surface area (Å²) in [4.78, 5) is 23.6. The molecule has 0 atom stereocenters. The van der Waals surface area contributed by atoms with Crippen LogP contribution in [0, 0.1) is 5.92 Å². The summed E-state index contributed by atoms with van der Waals surface area (Å²) in [5.41, 5.74) is 3.67. The van der Waals surface area contributed by atoms with Gasteiger partial charge in [0.15, 0.2) is 14.9 Å². The number of esters is 1. The zero-order valence-electron chi connectivity index (χ0n) is 16.9. The van der Waals surface area contributed by atoms with Crippen molar-refractivity contribution in [2.75, 3.05) is 13.4 Å². The van der Waals surface area contributed by atoms with Gasteiger partial charge in [0.1, 0.15) is 5.65 Å². The van der Waals surface area contributed by atoms with E-state index in [4.69, 9.17) is 4.74 Å². The number of H-pyrrole nitrogens is 1. The van der Waals surface area contributed by atoms with E-state index in [0.29, 0.717) is 17.1 Å². The Morgan fingerprint density at radius 2 is 1.87 bits per heavy atom. The number of allylic oxidation sites excluding steroid dienone is 1. The Bertz CT molecular complexity index is 1220. The van der Waals surface area contributed by atoms with Crippen LogP contribution in [0.2, 0.25) is 0 Å². The van der Waals surface area contributed by atoms with Crippen LogP contribution in [0.25, 0.3) is 16.6 Å². The molecule has 156 valence electrons. The first kappa shape index (κ1) is 20.3. The van der Waals surface area contributed by atoms with Crippen LogP contribution in [-0.4, -0.2) is 42.7 Å². The van der Waals surface area contributed by atoms with Crippen LogP contribution < -0.4 is 0 Å². The van der Waals surface area contributed by atoms with Gasteiger partial charge in [-0.25, -0.2) is 23.2 Å². The molecule has 0 amide bonds. The van der Waals surface area contributed by atoms with E-state index in [0.717, 1.165) is 41.3 Å². The molecule has 1 aliphatic rings. The number of aromatic nitrogens is 3. The Balaban J connectivity index is 1.79. The SMILES string of the molecule is COC(=O)c1cnc2[nH]c(/C(=C/C3CCCC3)c3ccc(S(C)(=O)=O)nc3)cc2c1. The zero-order chi connectivity index (χ0) is 21.3. The van der Waals surface area contributed by atoms with Gasteiger partial charge in [-0.15, -0.1) is 0 Å². The normalized spacial score (nSPS) is 15.6. The van der Waals surface area contributed by atoms with Gasteiger partial charge < -0.3 is 9.72 Å². The molecule has 1 aliphatic carbocycles. The predicted molar refractivity (Wildman–Crippen MR) is 114 cm³/mol. The Morgan fingerprint density at radius 3 is 2.50 bits per heavy atom. The molecule has 3 heterocycles. The van der Waals surface area contributed by atoms with Crippen LogP contribution in [0.3, 0.4) is 0 Å². The minimum Gasteiger partial charge on any atom is -0.465 e. The fraction of sp³-hybridized carbons (Fsp3) is 0.318. The molecule has 0 saturated heterocycles. The van der Waals surface area contributed by atoms with Gasteiger partial charge in [-0.3, -0.25) is 0 Å². The van der Waals surface area contributed by atoms with E-state index < -0.39 is 15.8 Å². The second-order valence-electron chi connectivity index (χ2n) is 7.62. The lowest BCUT2D eigenvalue weighted by Crippen LogP contribution is -2.01. The minimum atomic E-state index is -3.36. The number of pyridine rings is 2. The van der Waals surface area contributed by atoms with Crippen molar-refractivity contribution in [1.82, 2.24) is 15.0 Å². The van der Waals surface area contributed by atoms with E-state index in [-0.39, 0.29) is 5.03 Å². The molecule has 0 aliphatic heterocycles. The van der Waals surface area contributed by atoms with Crippen molar-refractivity contribution in [2.24, 2.45) is 5.92 Å². The van der Waals surface area contributed by atoms with Gasteiger partial charge >= 0.3 is 5.97 Å². The molecule has 0 aromatic carbocycles. The maximum Gasteiger partial charge on any atom is 0.339 e. The number of methoxy groups -OCH3 is 1. The molecule has 1 fully saturated rings. The summed E-state index contributed by atoms with van der Waals surface area (Å²) in [7, 11) is -2.02. The fourth-order valence-corrected chi connectivity index (χ4v) is 4.41. The summed E-state index contributed by atoms with van der Waals surface area (Å²) in [6.07, 6.45) is 11.1. The number of carbonyl (C=O) groups excluding carboxylic acids is 1. The Kier molecular flexibility index (Phi) is 5.42. The number of ether oxygens (including phenoxy) is 1. The fourth-order valence-electron chi connectivity index (χ4n) is 3.85. The highest BCUT2D eigenvalue weighted by Gasteiger charge is 2.18. The summed E-state index contributed by atoms with van der Waals surface area (Å²) in [5, 5.41) is 0.846. The van der Waals surface area contributed by atoms with Gasteiger partial charge in [0.05, 0.1) is 12.7 Å². The molecular formula is C22H23N3O4S. The topological polar surface area (TPSA) is 102 Å². The first-order valence-corrected chi connectivity index (χ1v) is 11.7. The second kappa shape index (κ2) is 8.02. The van der Waals surface area contributed by atoms with Crippen molar-refractivity contribution in [3.8, 4) is 0 Å². The van der Waals surface area contributed by atoms with Crippen LogP contribution in [-0.2, 0) is 14.6 Å². The molecule has 0 bridgehead atoms. The summed E-state index contributed by atoms with van der Waals surface area (Å²) in [5.74, 6) is 0.0222. The number of aromatic amines is 1. The minimum absolute atomic E-state index is 0.0486. The molecule has 4 rings (SSSR count). The molecule has 0 unspecified atom stereocenters. The van der Waals surface area contributed by atoms with Crippen molar-refractivity contribution >= 4 is 32.4 Å². The molecule has 7 nitrogen and oxygen atoms in total. The summed E-state index contributed by atoms with van der Waals surface area (Å²) in [6.45, 7) is 0. The summed E-state index contributed by atoms with van der Waals surface area (Å²) < 4.78 is 28.3. The standard InChI is InChI=1S/C22H23N3O4S/c1-29-22(26)17-10-16-11-19(25-21(16)24-13-17)18(9-14-5-3-4-6-14)15-7-8-20(23-12-15)30(2,27)28/h7-14H,3-6H2,1-2H3,(H,24,25)/b18-9+. The van der Waals surface area contributed by atoms with Crippen LogP contribution in [0.15, 0.2) is 47.8 Å². The summed E-state index contributed by atoms with van der Waals surface area (Å²) in [6, 6.07) is 7.00. The maximum atomic E-state index is 11.8. The highest BCUT2D eigenvalue weighted by molar-refractivity contribution is 7.90. The molecule has 0 spiro atoms. The van der Waals surface area contributed by atoms with Crippen LogP contribution in [0.5, 0.6) is 0 Å². The monoisotopic (exact) mass is 425 g/mol. The van der Waals surface area contributed by atoms with Gasteiger partial charge in [-0.05, 0) is 43.0 Å². The third-order valence-electron chi connectivity index (χ3n) is 5.41. The second-order valence-corrected chi connectivity index (χ2v) is 9.58. The molecule has 3 aromatic rings. The highest BCUT2D eigenvalue weighted by Crippen LogP contribution is 2.33. The Labute approximate surface area is 175 Å². The largest absolute Gasteiger partial charge is 0.465 e. The van der Waals surface area contributed by atoms with Crippen molar-refractivity contribution < 1.29 is 17.9 Å². The lowest BCUT2D eigenvalue weighted by Gasteiger charge is -2.10. The molecule has 1 saturated carbocycles. The average molecular weight is 426 g/mol. The number of nitrogens with one attached hydrogen (secondary N) is 1. The van der Waals surface area contributed by atoms with Gasteiger partial charge in [0.2, 0.25) is 0 Å². The van der Waals surface area contributed by atoms with Crippen molar-refractivity contribution in [1.29, 1.82) is 0 Å². The van der Waals surface area contributed by atoms with Gasteiger partial charge in [0, 0.05) is 40.9 Å². The van der Waals surface area contributed by atoms with Crippen LogP contribution in [0.4, 0.5) is 0 Å². The lowest BCUT2D eigenvalue weighted by molar-refractivity contribution is 0.0600. The van der Waals surface area contributed by atoms with E-state index in [1.165, 1.54) is 32.2 Å². The third kappa shape index (κ3) is 4.14. The van der Waals surface area contributed by atoms with Crippen molar-refractivity contribution in [2.45, 2.75) is 30.7 Å².